The van der Waals surface area contributed by atoms with Crippen molar-refractivity contribution in [3.8, 4) is 0 Å². The SMILES string of the molecule is CCC1CCCC(NC2(CO)CCC(C)CC2)C1. The zero-order chi connectivity index (χ0) is 13.0. The highest BCUT2D eigenvalue weighted by molar-refractivity contribution is 4.95. The first kappa shape index (κ1) is 14.3. The molecule has 2 aliphatic rings. The van der Waals surface area contributed by atoms with Crippen LogP contribution in [0.15, 0.2) is 0 Å². The Bertz CT molecular complexity index is 245. The van der Waals surface area contributed by atoms with Gasteiger partial charge in [0.05, 0.1) is 6.61 Å². The predicted octanol–water partition coefficient (Wildman–Crippen LogP) is 3.49. The van der Waals surface area contributed by atoms with Crippen molar-refractivity contribution in [3.05, 3.63) is 0 Å². The van der Waals surface area contributed by atoms with Gasteiger partial charge in [0.2, 0.25) is 0 Å². The van der Waals surface area contributed by atoms with E-state index < -0.39 is 0 Å². The monoisotopic (exact) mass is 253 g/mol. The maximum Gasteiger partial charge on any atom is 0.0613 e. The summed E-state index contributed by atoms with van der Waals surface area (Å²) in [4.78, 5) is 0. The lowest BCUT2D eigenvalue weighted by molar-refractivity contribution is 0.0825. The molecule has 2 rings (SSSR count). The molecule has 0 amide bonds. The molecule has 106 valence electrons. The molecule has 0 aromatic carbocycles. The van der Waals surface area contributed by atoms with Crippen LogP contribution in [0, 0.1) is 11.8 Å². The zero-order valence-corrected chi connectivity index (χ0v) is 12.3. The Morgan fingerprint density at radius 1 is 1.17 bits per heavy atom. The Morgan fingerprint density at radius 2 is 1.89 bits per heavy atom. The van der Waals surface area contributed by atoms with E-state index in [0.29, 0.717) is 12.6 Å². The predicted molar refractivity (Wildman–Crippen MR) is 76.6 cm³/mol. The van der Waals surface area contributed by atoms with E-state index in [0.717, 1.165) is 24.7 Å². The second-order valence-electron chi connectivity index (χ2n) is 6.90. The average Bonchev–Trinajstić information content (AvgIpc) is 2.42. The van der Waals surface area contributed by atoms with Gasteiger partial charge in [-0.25, -0.2) is 0 Å². The molecule has 0 heterocycles. The molecule has 2 N–H and O–H groups in total. The van der Waals surface area contributed by atoms with Gasteiger partial charge in [0, 0.05) is 11.6 Å². The first-order valence-corrected chi connectivity index (χ1v) is 8.06. The fourth-order valence-electron chi connectivity index (χ4n) is 3.89. The molecule has 0 aliphatic heterocycles. The molecule has 2 atom stereocenters. The fourth-order valence-corrected chi connectivity index (χ4v) is 3.89. The molecule has 0 saturated heterocycles. The molecule has 2 saturated carbocycles. The van der Waals surface area contributed by atoms with Crippen molar-refractivity contribution in [2.75, 3.05) is 6.61 Å². The molecule has 18 heavy (non-hydrogen) atoms. The minimum atomic E-state index is 0.0484. The lowest BCUT2D eigenvalue weighted by atomic mass is 9.75. The summed E-state index contributed by atoms with van der Waals surface area (Å²) in [6.07, 6.45) is 11.6. The topological polar surface area (TPSA) is 32.3 Å². The first-order valence-electron chi connectivity index (χ1n) is 8.06. The van der Waals surface area contributed by atoms with Gasteiger partial charge in [0.15, 0.2) is 0 Å². The van der Waals surface area contributed by atoms with Gasteiger partial charge in [-0.3, -0.25) is 0 Å². The second kappa shape index (κ2) is 6.38. The van der Waals surface area contributed by atoms with E-state index in [-0.39, 0.29) is 5.54 Å². The maximum absolute atomic E-state index is 9.82. The van der Waals surface area contributed by atoms with Gasteiger partial charge < -0.3 is 10.4 Å². The molecule has 2 fully saturated rings. The highest BCUT2D eigenvalue weighted by atomic mass is 16.3. The summed E-state index contributed by atoms with van der Waals surface area (Å²) in [6.45, 7) is 4.99. The van der Waals surface area contributed by atoms with E-state index in [4.69, 9.17) is 0 Å². The summed E-state index contributed by atoms with van der Waals surface area (Å²) in [5.41, 5.74) is 0.0484. The van der Waals surface area contributed by atoms with Gasteiger partial charge in [-0.2, -0.15) is 0 Å². The Balaban J connectivity index is 1.89. The van der Waals surface area contributed by atoms with Crippen molar-refractivity contribution in [2.24, 2.45) is 11.8 Å². The van der Waals surface area contributed by atoms with Gasteiger partial charge in [0.1, 0.15) is 0 Å². The Morgan fingerprint density at radius 3 is 2.50 bits per heavy atom. The van der Waals surface area contributed by atoms with E-state index in [9.17, 15) is 5.11 Å². The Hall–Kier alpha value is -0.0800. The highest BCUT2D eigenvalue weighted by Gasteiger charge is 2.36. The number of aliphatic hydroxyl groups is 1. The van der Waals surface area contributed by atoms with Crippen LogP contribution in [0.4, 0.5) is 0 Å². The fraction of sp³-hybridized carbons (Fsp3) is 1.00. The van der Waals surface area contributed by atoms with Crippen molar-refractivity contribution in [1.29, 1.82) is 0 Å². The molecule has 0 bridgehead atoms. The van der Waals surface area contributed by atoms with Crippen LogP contribution in [0.25, 0.3) is 0 Å². The van der Waals surface area contributed by atoms with Crippen molar-refractivity contribution in [2.45, 2.75) is 83.2 Å². The number of nitrogens with one attached hydrogen (secondary N) is 1. The van der Waals surface area contributed by atoms with Crippen LogP contribution in [0.1, 0.15) is 71.6 Å². The molecule has 2 nitrogen and oxygen atoms in total. The summed E-state index contributed by atoms with van der Waals surface area (Å²) in [6, 6.07) is 0.657. The standard InChI is InChI=1S/C16H31NO/c1-3-14-5-4-6-15(11-14)17-16(12-18)9-7-13(2)8-10-16/h13-15,17-18H,3-12H2,1-2H3. The lowest BCUT2D eigenvalue weighted by Gasteiger charge is -2.43. The smallest absolute Gasteiger partial charge is 0.0613 e. The van der Waals surface area contributed by atoms with Gasteiger partial charge in [-0.05, 0) is 50.4 Å². The Kier molecular flexibility index (Phi) is 5.08. The minimum absolute atomic E-state index is 0.0484. The van der Waals surface area contributed by atoms with Gasteiger partial charge in [0.25, 0.3) is 0 Å². The van der Waals surface area contributed by atoms with Crippen molar-refractivity contribution in [1.82, 2.24) is 5.32 Å². The average molecular weight is 253 g/mol. The van der Waals surface area contributed by atoms with E-state index in [1.54, 1.807) is 0 Å². The zero-order valence-electron chi connectivity index (χ0n) is 12.3. The lowest BCUT2D eigenvalue weighted by Crippen LogP contribution is -2.55. The third-order valence-electron chi connectivity index (χ3n) is 5.40. The number of hydrogen-bond donors (Lipinski definition) is 2. The van der Waals surface area contributed by atoms with Gasteiger partial charge in [-0.1, -0.05) is 33.1 Å². The van der Waals surface area contributed by atoms with Crippen LogP contribution < -0.4 is 5.32 Å². The number of hydrogen-bond acceptors (Lipinski definition) is 2. The Labute approximate surface area is 113 Å². The summed E-state index contributed by atoms with van der Waals surface area (Å²) >= 11 is 0. The van der Waals surface area contributed by atoms with Crippen LogP contribution in [0.2, 0.25) is 0 Å². The summed E-state index contributed by atoms with van der Waals surface area (Å²) in [5.74, 6) is 1.76. The molecule has 0 aromatic rings. The summed E-state index contributed by atoms with van der Waals surface area (Å²) in [7, 11) is 0. The van der Waals surface area contributed by atoms with Crippen molar-refractivity contribution in [3.63, 3.8) is 0 Å². The van der Waals surface area contributed by atoms with Crippen LogP contribution in [0.5, 0.6) is 0 Å². The molecule has 0 aromatic heterocycles. The number of aliphatic hydroxyl groups excluding tert-OH is 1. The van der Waals surface area contributed by atoms with Gasteiger partial charge in [-0.15, -0.1) is 0 Å². The number of rotatable bonds is 4. The molecule has 2 unspecified atom stereocenters. The van der Waals surface area contributed by atoms with Crippen LogP contribution >= 0.6 is 0 Å². The third kappa shape index (κ3) is 3.48. The van der Waals surface area contributed by atoms with Crippen LogP contribution in [-0.2, 0) is 0 Å². The van der Waals surface area contributed by atoms with Crippen molar-refractivity contribution < 1.29 is 5.11 Å². The summed E-state index contributed by atoms with van der Waals surface area (Å²) < 4.78 is 0. The molecule has 0 spiro atoms. The maximum atomic E-state index is 9.82. The normalized spacial score (nSPS) is 41.8. The highest BCUT2D eigenvalue weighted by Crippen LogP contribution is 2.34. The molecule has 2 heteroatoms. The second-order valence-corrected chi connectivity index (χ2v) is 6.90. The molecular weight excluding hydrogens is 222 g/mol. The minimum Gasteiger partial charge on any atom is -0.394 e. The van der Waals surface area contributed by atoms with Crippen molar-refractivity contribution >= 4 is 0 Å². The quantitative estimate of drug-likeness (QED) is 0.804. The van der Waals surface area contributed by atoms with Crippen LogP contribution in [-0.4, -0.2) is 23.3 Å². The van der Waals surface area contributed by atoms with Gasteiger partial charge >= 0.3 is 0 Å². The molecule has 0 radical (unpaired) electrons. The van der Waals surface area contributed by atoms with E-state index in [1.165, 1.54) is 44.9 Å². The van der Waals surface area contributed by atoms with E-state index in [2.05, 4.69) is 19.2 Å². The molecule has 2 aliphatic carbocycles. The third-order valence-corrected chi connectivity index (χ3v) is 5.40. The molecular formula is C16H31NO. The summed E-state index contributed by atoms with van der Waals surface area (Å²) in [5, 5.41) is 13.7. The first-order chi connectivity index (χ1) is 8.67. The van der Waals surface area contributed by atoms with E-state index >= 15 is 0 Å². The van der Waals surface area contributed by atoms with E-state index in [1.807, 2.05) is 0 Å². The largest absolute Gasteiger partial charge is 0.394 e. The van der Waals surface area contributed by atoms with Crippen LogP contribution in [0.3, 0.4) is 0 Å².